The van der Waals surface area contributed by atoms with Crippen LogP contribution in [0.4, 0.5) is 0 Å². The standard InChI is InChI=1S/C14H17NO2.ClH/c1-17-14(16)13-4-2-11(3-5-13)10-12-6-8-15-9-7-12;/h2-5,10,15H,6-9H2,1H3;1H. The van der Waals surface area contributed by atoms with E-state index in [9.17, 15) is 4.79 Å². The molecule has 0 aliphatic carbocycles. The fraction of sp³-hybridized carbons (Fsp3) is 0.357. The zero-order valence-corrected chi connectivity index (χ0v) is 11.3. The molecule has 1 heterocycles. The minimum Gasteiger partial charge on any atom is -0.465 e. The average molecular weight is 268 g/mol. The molecule has 0 atom stereocenters. The second kappa shape index (κ2) is 7.19. The Kier molecular flexibility index (Phi) is 5.89. The van der Waals surface area contributed by atoms with Crippen molar-refractivity contribution in [2.45, 2.75) is 12.8 Å². The summed E-state index contributed by atoms with van der Waals surface area (Å²) in [7, 11) is 1.40. The molecule has 1 aliphatic heterocycles. The first-order chi connectivity index (χ1) is 8.29. The van der Waals surface area contributed by atoms with Crippen LogP contribution in [0.25, 0.3) is 6.08 Å². The van der Waals surface area contributed by atoms with Gasteiger partial charge in [0, 0.05) is 0 Å². The van der Waals surface area contributed by atoms with Gasteiger partial charge in [0.1, 0.15) is 0 Å². The molecule has 0 bridgehead atoms. The van der Waals surface area contributed by atoms with E-state index in [0.717, 1.165) is 31.5 Å². The molecule has 0 amide bonds. The first-order valence-electron chi connectivity index (χ1n) is 5.88. The SMILES string of the molecule is COC(=O)c1ccc(C=C2CCNCC2)cc1.Cl. The van der Waals surface area contributed by atoms with Crippen molar-refractivity contribution in [3.8, 4) is 0 Å². The third-order valence-corrected chi connectivity index (χ3v) is 2.95. The molecule has 1 aromatic rings. The zero-order chi connectivity index (χ0) is 12.1. The molecule has 18 heavy (non-hydrogen) atoms. The van der Waals surface area contributed by atoms with Crippen LogP contribution in [0.3, 0.4) is 0 Å². The predicted octanol–water partition coefficient (Wildman–Crippen LogP) is 2.66. The Hall–Kier alpha value is -1.32. The summed E-state index contributed by atoms with van der Waals surface area (Å²) in [6.07, 6.45) is 4.43. The number of carbonyl (C=O) groups is 1. The summed E-state index contributed by atoms with van der Waals surface area (Å²) in [6.45, 7) is 2.12. The van der Waals surface area contributed by atoms with Crippen molar-refractivity contribution in [2.75, 3.05) is 20.2 Å². The van der Waals surface area contributed by atoms with Crippen LogP contribution < -0.4 is 5.32 Å². The van der Waals surface area contributed by atoms with Crippen LogP contribution in [-0.4, -0.2) is 26.2 Å². The zero-order valence-electron chi connectivity index (χ0n) is 10.4. The van der Waals surface area contributed by atoms with Crippen molar-refractivity contribution in [1.82, 2.24) is 5.32 Å². The van der Waals surface area contributed by atoms with E-state index < -0.39 is 0 Å². The van der Waals surface area contributed by atoms with E-state index in [1.807, 2.05) is 12.1 Å². The highest BCUT2D eigenvalue weighted by atomic mass is 35.5. The van der Waals surface area contributed by atoms with Gasteiger partial charge in [0.25, 0.3) is 0 Å². The highest BCUT2D eigenvalue weighted by molar-refractivity contribution is 5.89. The Balaban J connectivity index is 0.00000162. The highest BCUT2D eigenvalue weighted by Crippen LogP contribution is 2.16. The van der Waals surface area contributed by atoms with Crippen molar-refractivity contribution in [3.05, 3.63) is 41.0 Å². The lowest BCUT2D eigenvalue weighted by atomic mass is 10.0. The predicted molar refractivity (Wildman–Crippen MR) is 75.1 cm³/mol. The van der Waals surface area contributed by atoms with Gasteiger partial charge in [-0.15, -0.1) is 12.4 Å². The number of carbonyl (C=O) groups excluding carboxylic acids is 1. The quantitative estimate of drug-likeness (QED) is 0.838. The molecule has 0 unspecified atom stereocenters. The molecule has 1 aliphatic rings. The lowest BCUT2D eigenvalue weighted by Crippen LogP contribution is -2.22. The van der Waals surface area contributed by atoms with E-state index in [2.05, 4.69) is 16.1 Å². The summed E-state index contributed by atoms with van der Waals surface area (Å²) in [6, 6.07) is 7.53. The van der Waals surface area contributed by atoms with Crippen molar-refractivity contribution in [1.29, 1.82) is 0 Å². The Morgan fingerprint density at radius 2 is 1.83 bits per heavy atom. The maximum absolute atomic E-state index is 11.3. The molecular formula is C14H18ClNO2. The van der Waals surface area contributed by atoms with Gasteiger partial charge in [-0.1, -0.05) is 23.8 Å². The van der Waals surface area contributed by atoms with Crippen molar-refractivity contribution >= 4 is 24.5 Å². The summed E-state index contributed by atoms with van der Waals surface area (Å²) >= 11 is 0. The Bertz CT molecular complexity index is 418. The lowest BCUT2D eigenvalue weighted by Gasteiger charge is -2.15. The Morgan fingerprint density at radius 1 is 1.22 bits per heavy atom. The molecular weight excluding hydrogens is 250 g/mol. The number of hydrogen-bond acceptors (Lipinski definition) is 3. The second-order valence-electron chi connectivity index (χ2n) is 4.17. The third kappa shape index (κ3) is 3.86. The van der Waals surface area contributed by atoms with Gasteiger partial charge in [-0.25, -0.2) is 4.79 Å². The molecule has 0 radical (unpaired) electrons. The fourth-order valence-corrected chi connectivity index (χ4v) is 1.96. The minimum absolute atomic E-state index is 0. The van der Waals surface area contributed by atoms with E-state index in [1.165, 1.54) is 12.7 Å². The molecule has 1 aromatic carbocycles. The van der Waals surface area contributed by atoms with Crippen LogP contribution in [0.5, 0.6) is 0 Å². The van der Waals surface area contributed by atoms with Gasteiger partial charge in [-0.2, -0.15) is 0 Å². The number of ether oxygens (including phenoxy) is 1. The molecule has 0 spiro atoms. The van der Waals surface area contributed by atoms with Crippen LogP contribution in [0.2, 0.25) is 0 Å². The average Bonchev–Trinajstić information content (AvgIpc) is 2.40. The van der Waals surface area contributed by atoms with Crippen molar-refractivity contribution in [2.24, 2.45) is 0 Å². The van der Waals surface area contributed by atoms with E-state index in [-0.39, 0.29) is 18.4 Å². The van der Waals surface area contributed by atoms with Crippen LogP contribution in [0.1, 0.15) is 28.8 Å². The molecule has 4 heteroatoms. The number of esters is 1. The van der Waals surface area contributed by atoms with Gasteiger partial charge < -0.3 is 10.1 Å². The molecule has 0 saturated carbocycles. The first kappa shape index (κ1) is 14.7. The van der Waals surface area contributed by atoms with Crippen LogP contribution in [0.15, 0.2) is 29.8 Å². The summed E-state index contributed by atoms with van der Waals surface area (Å²) in [4.78, 5) is 11.3. The number of halogens is 1. The molecule has 98 valence electrons. The number of piperidine rings is 1. The molecule has 1 N–H and O–H groups in total. The third-order valence-electron chi connectivity index (χ3n) is 2.95. The van der Waals surface area contributed by atoms with Gasteiger partial charge in [0.2, 0.25) is 0 Å². The first-order valence-corrected chi connectivity index (χ1v) is 5.88. The number of benzene rings is 1. The number of methoxy groups -OCH3 is 1. The van der Waals surface area contributed by atoms with Gasteiger partial charge in [0.15, 0.2) is 0 Å². The fourth-order valence-electron chi connectivity index (χ4n) is 1.96. The van der Waals surface area contributed by atoms with Gasteiger partial charge >= 0.3 is 5.97 Å². The van der Waals surface area contributed by atoms with Crippen LogP contribution in [0, 0.1) is 0 Å². The number of rotatable bonds is 2. The molecule has 2 rings (SSSR count). The van der Waals surface area contributed by atoms with Crippen molar-refractivity contribution < 1.29 is 9.53 Å². The van der Waals surface area contributed by atoms with Gasteiger partial charge in [-0.3, -0.25) is 0 Å². The van der Waals surface area contributed by atoms with Gasteiger partial charge in [-0.05, 0) is 43.6 Å². The summed E-state index contributed by atoms with van der Waals surface area (Å²) in [5.74, 6) is -0.286. The lowest BCUT2D eigenvalue weighted by molar-refractivity contribution is 0.0601. The summed E-state index contributed by atoms with van der Waals surface area (Å²) < 4.78 is 4.66. The van der Waals surface area contributed by atoms with E-state index in [0.29, 0.717) is 5.56 Å². The second-order valence-corrected chi connectivity index (χ2v) is 4.17. The highest BCUT2D eigenvalue weighted by Gasteiger charge is 2.06. The maximum Gasteiger partial charge on any atom is 0.337 e. The molecule has 3 nitrogen and oxygen atoms in total. The molecule has 1 fully saturated rings. The molecule has 1 saturated heterocycles. The Labute approximate surface area is 114 Å². The smallest absolute Gasteiger partial charge is 0.337 e. The largest absolute Gasteiger partial charge is 0.465 e. The van der Waals surface area contributed by atoms with E-state index >= 15 is 0 Å². The summed E-state index contributed by atoms with van der Waals surface area (Å²) in [5, 5.41) is 3.33. The van der Waals surface area contributed by atoms with Gasteiger partial charge in [0.05, 0.1) is 12.7 Å². The summed E-state index contributed by atoms with van der Waals surface area (Å²) in [5.41, 5.74) is 3.21. The minimum atomic E-state index is -0.286. The van der Waals surface area contributed by atoms with Crippen molar-refractivity contribution in [3.63, 3.8) is 0 Å². The number of hydrogen-bond donors (Lipinski definition) is 1. The van der Waals surface area contributed by atoms with E-state index in [4.69, 9.17) is 0 Å². The Morgan fingerprint density at radius 3 is 2.39 bits per heavy atom. The topological polar surface area (TPSA) is 38.3 Å². The maximum atomic E-state index is 11.3. The number of nitrogens with one attached hydrogen (secondary N) is 1. The monoisotopic (exact) mass is 267 g/mol. The van der Waals surface area contributed by atoms with Crippen LogP contribution >= 0.6 is 12.4 Å². The normalized spacial score (nSPS) is 14.6. The van der Waals surface area contributed by atoms with E-state index in [1.54, 1.807) is 12.1 Å². The van der Waals surface area contributed by atoms with Crippen LogP contribution in [-0.2, 0) is 4.74 Å². The molecule has 0 aromatic heterocycles.